The van der Waals surface area contributed by atoms with E-state index in [1.807, 2.05) is 0 Å². The Morgan fingerprint density at radius 3 is 1.95 bits per heavy atom. The van der Waals surface area contributed by atoms with E-state index >= 15 is 0 Å². The van der Waals surface area contributed by atoms with Crippen LogP contribution in [0.25, 0.3) is 0 Å². The Morgan fingerprint density at radius 2 is 1.55 bits per heavy atom. The van der Waals surface area contributed by atoms with Gasteiger partial charge in [-0.15, -0.1) is 0 Å². The van der Waals surface area contributed by atoms with Crippen LogP contribution >= 0.6 is 0 Å². The first kappa shape index (κ1) is 14.4. The number of benzene rings is 1. The van der Waals surface area contributed by atoms with E-state index in [2.05, 4.69) is 61.2 Å². The van der Waals surface area contributed by atoms with Gasteiger partial charge in [0.05, 0.1) is 0 Å². The highest BCUT2D eigenvalue weighted by molar-refractivity contribution is 6.19. The number of anilines is 1. The molecule has 0 saturated carbocycles. The number of aliphatic imine (C=N–C) groups is 2. The summed E-state index contributed by atoms with van der Waals surface area (Å²) >= 11 is 0. The van der Waals surface area contributed by atoms with Crippen molar-refractivity contribution >= 4 is 24.4 Å². The number of nitrogens with zero attached hydrogens (tertiary/aromatic N) is 2. The molecule has 0 saturated heterocycles. The van der Waals surface area contributed by atoms with E-state index in [4.69, 9.17) is 0 Å². The Labute approximate surface area is 120 Å². The van der Waals surface area contributed by atoms with E-state index in [0.717, 1.165) is 12.0 Å². The molecule has 1 aromatic rings. The highest BCUT2D eigenvalue weighted by atomic mass is 16.1. The maximum absolute atomic E-state index is 11.4. The van der Waals surface area contributed by atoms with Gasteiger partial charge in [0.2, 0.25) is 0 Å². The third-order valence-electron chi connectivity index (χ3n) is 3.46. The normalized spacial score (nSPS) is 16.1. The maximum atomic E-state index is 11.4. The molecule has 0 radical (unpaired) electrons. The van der Waals surface area contributed by atoms with Crippen molar-refractivity contribution in [3.8, 4) is 0 Å². The third kappa shape index (κ3) is 2.64. The summed E-state index contributed by atoms with van der Waals surface area (Å²) in [6, 6.07) is 6.23. The fourth-order valence-corrected chi connectivity index (χ4v) is 2.36. The summed E-state index contributed by atoms with van der Waals surface area (Å²) < 4.78 is 0. The van der Waals surface area contributed by atoms with Crippen LogP contribution in [0.4, 0.5) is 5.69 Å². The maximum Gasteiger partial charge on any atom is 0.283 e. The lowest BCUT2D eigenvalue weighted by atomic mass is 9.92. The summed E-state index contributed by atoms with van der Waals surface area (Å²) in [5.41, 5.74) is 3.32. The minimum Gasteiger partial charge on any atom is -0.336 e. The topological polar surface area (TPSA) is 53.8 Å². The summed E-state index contributed by atoms with van der Waals surface area (Å²) in [5.74, 6) is -0.488. The smallest absolute Gasteiger partial charge is 0.283 e. The SMILES string of the molecule is CC(C)c1cccc(C(C)C)c1NC1(C=O)N=CC=N1. The van der Waals surface area contributed by atoms with E-state index in [1.54, 1.807) is 12.4 Å². The Morgan fingerprint density at radius 1 is 1.05 bits per heavy atom. The first-order valence-corrected chi connectivity index (χ1v) is 6.95. The molecule has 106 valence electrons. The van der Waals surface area contributed by atoms with Gasteiger partial charge in [0, 0.05) is 18.1 Å². The van der Waals surface area contributed by atoms with Crippen molar-refractivity contribution in [2.24, 2.45) is 9.98 Å². The van der Waals surface area contributed by atoms with Crippen LogP contribution in [0.1, 0.15) is 50.7 Å². The fraction of sp³-hybridized carbons (Fsp3) is 0.438. The molecule has 0 atom stereocenters. The zero-order chi connectivity index (χ0) is 14.8. The van der Waals surface area contributed by atoms with Gasteiger partial charge < -0.3 is 5.32 Å². The van der Waals surface area contributed by atoms with Crippen LogP contribution in [0, 0.1) is 0 Å². The van der Waals surface area contributed by atoms with Crippen molar-refractivity contribution in [1.82, 2.24) is 0 Å². The summed E-state index contributed by atoms with van der Waals surface area (Å²) in [4.78, 5) is 19.7. The minimum absolute atomic E-state index is 0.356. The molecule has 0 bridgehead atoms. The number of carbonyl (C=O) groups is 1. The van der Waals surface area contributed by atoms with Crippen LogP contribution in [0.3, 0.4) is 0 Å². The largest absolute Gasteiger partial charge is 0.336 e. The van der Waals surface area contributed by atoms with Crippen molar-refractivity contribution in [3.63, 3.8) is 0 Å². The van der Waals surface area contributed by atoms with Crippen molar-refractivity contribution in [2.45, 2.75) is 45.3 Å². The van der Waals surface area contributed by atoms with Gasteiger partial charge in [-0.25, -0.2) is 9.98 Å². The summed E-state index contributed by atoms with van der Waals surface area (Å²) in [5, 5.41) is 3.24. The predicted octanol–water partition coefficient (Wildman–Crippen LogP) is 3.35. The molecule has 1 heterocycles. The number of nitrogens with one attached hydrogen (secondary N) is 1. The average Bonchev–Trinajstić information content (AvgIpc) is 2.87. The van der Waals surface area contributed by atoms with Gasteiger partial charge in [0.15, 0.2) is 6.29 Å². The van der Waals surface area contributed by atoms with Gasteiger partial charge in [0.25, 0.3) is 5.79 Å². The molecule has 0 amide bonds. The molecule has 1 aromatic carbocycles. The van der Waals surface area contributed by atoms with Gasteiger partial charge in [-0.05, 0) is 23.0 Å². The molecule has 20 heavy (non-hydrogen) atoms. The van der Waals surface area contributed by atoms with E-state index in [1.165, 1.54) is 11.1 Å². The number of carbonyl (C=O) groups excluding carboxylic acids is 1. The lowest BCUT2D eigenvalue weighted by molar-refractivity contribution is -0.111. The third-order valence-corrected chi connectivity index (χ3v) is 3.46. The van der Waals surface area contributed by atoms with E-state index < -0.39 is 5.79 Å². The summed E-state index contributed by atoms with van der Waals surface area (Å²) in [6.07, 6.45) is 3.84. The molecule has 1 N–H and O–H groups in total. The summed E-state index contributed by atoms with van der Waals surface area (Å²) in [6.45, 7) is 8.55. The molecule has 0 fully saturated rings. The molecule has 1 aliphatic rings. The molecule has 0 aliphatic carbocycles. The number of para-hydroxylation sites is 1. The minimum atomic E-state index is -1.20. The van der Waals surface area contributed by atoms with Crippen molar-refractivity contribution in [2.75, 3.05) is 5.32 Å². The second-order valence-corrected chi connectivity index (χ2v) is 5.65. The van der Waals surface area contributed by atoms with E-state index in [-0.39, 0.29) is 0 Å². The second-order valence-electron chi connectivity index (χ2n) is 5.65. The molecule has 1 aliphatic heterocycles. The molecule has 0 spiro atoms. The predicted molar refractivity (Wildman–Crippen MR) is 84.0 cm³/mol. The highest BCUT2D eigenvalue weighted by Gasteiger charge is 2.31. The first-order valence-electron chi connectivity index (χ1n) is 6.95. The Kier molecular flexibility index (Phi) is 4.02. The van der Waals surface area contributed by atoms with Gasteiger partial charge in [-0.1, -0.05) is 45.9 Å². The summed E-state index contributed by atoms with van der Waals surface area (Å²) in [7, 11) is 0. The van der Waals surface area contributed by atoms with Gasteiger partial charge in [0.1, 0.15) is 0 Å². The van der Waals surface area contributed by atoms with Crippen LogP contribution in [0.2, 0.25) is 0 Å². The number of aldehydes is 1. The van der Waals surface area contributed by atoms with E-state index in [0.29, 0.717) is 11.8 Å². The average molecular weight is 271 g/mol. The van der Waals surface area contributed by atoms with Crippen LogP contribution in [0.5, 0.6) is 0 Å². The van der Waals surface area contributed by atoms with Crippen molar-refractivity contribution < 1.29 is 4.79 Å². The lowest BCUT2D eigenvalue weighted by Gasteiger charge is -2.26. The molecule has 0 aromatic heterocycles. The van der Waals surface area contributed by atoms with Crippen LogP contribution in [-0.4, -0.2) is 24.5 Å². The molecular formula is C16H21N3O. The standard InChI is InChI=1S/C16H21N3O/c1-11(2)13-6-5-7-14(12(3)4)15(13)19-16(10-20)17-8-9-18-16/h5-12,19H,1-4H3. The second kappa shape index (κ2) is 5.57. The Hall–Kier alpha value is -1.97. The van der Waals surface area contributed by atoms with Gasteiger partial charge in [-0.2, -0.15) is 0 Å². The quantitative estimate of drug-likeness (QED) is 0.835. The van der Waals surface area contributed by atoms with E-state index in [9.17, 15) is 4.79 Å². The number of rotatable bonds is 5. The van der Waals surface area contributed by atoms with Gasteiger partial charge >= 0.3 is 0 Å². The van der Waals surface area contributed by atoms with Crippen LogP contribution in [-0.2, 0) is 4.79 Å². The molecule has 4 heteroatoms. The van der Waals surface area contributed by atoms with Gasteiger partial charge in [-0.3, -0.25) is 4.79 Å². The number of hydrogen-bond acceptors (Lipinski definition) is 4. The molecule has 2 rings (SSSR count). The number of hydrogen-bond donors (Lipinski definition) is 1. The van der Waals surface area contributed by atoms with Crippen molar-refractivity contribution in [3.05, 3.63) is 29.3 Å². The highest BCUT2D eigenvalue weighted by Crippen LogP contribution is 2.34. The Bertz CT molecular complexity index is 521. The first-order chi connectivity index (χ1) is 9.49. The lowest BCUT2D eigenvalue weighted by Crippen LogP contribution is -2.35. The molecule has 0 unspecified atom stereocenters. The molecule has 4 nitrogen and oxygen atoms in total. The Balaban J connectivity index is 2.51. The zero-order valence-corrected chi connectivity index (χ0v) is 12.4. The zero-order valence-electron chi connectivity index (χ0n) is 12.4. The van der Waals surface area contributed by atoms with Crippen LogP contribution < -0.4 is 5.32 Å². The fourth-order valence-electron chi connectivity index (χ4n) is 2.36. The molecular weight excluding hydrogens is 250 g/mol. The van der Waals surface area contributed by atoms with Crippen LogP contribution in [0.15, 0.2) is 28.2 Å². The monoisotopic (exact) mass is 271 g/mol. The van der Waals surface area contributed by atoms with Crippen molar-refractivity contribution in [1.29, 1.82) is 0 Å².